The Morgan fingerprint density at radius 1 is 1.43 bits per heavy atom. The number of aromatic hydroxyl groups is 1. The molecule has 1 saturated carbocycles. The van der Waals surface area contributed by atoms with Crippen LogP contribution in [-0.2, 0) is 4.79 Å². The maximum Gasteiger partial charge on any atom is 0.244 e. The van der Waals surface area contributed by atoms with Crippen molar-refractivity contribution in [2.24, 2.45) is 0 Å². The smallest absolute Gasteiger partial charge is 0.244 e. The number of rotatable bonds is 3. The number of phenolic OH excluding ortho intramolecular Hbond substituents is 1. The summed E-state index contributed by atoms with van der Waals surface area (Å²) >= 11 is 0. The molecule has 1 aliphatic heterocycles. The molecule has 0 aromatic heterocycles. The van der Waals surface area contributed by atoms with E-state index in [0.29, 0.717) is 17.9 Å². The summed E-state index contributed by atoms with van der Waals surface area (Å²) < 4.78 is 5.43. The molecule has 1 aromatic rings. The van der Waals surface area contributed by atoms with Crippen LogP contribution >= 0.6 is 0 Å². The maximum atomic E-state index is 12.6. The monoisotopic (exact) mass is 290 g/mol. The Morgan fingerprint density at radius 3 is 2.81 bits per heavy atom. The predicted octanol–water partition coefficient (Wildman–Crippen LogP) is 2.16. The summed E-state index contributed by atoms with van der Waals surface area (Å²) in [6.45, 7) is 2.37. The van der Waals surface area contributed by atoms with Crippen molar-refractivity contribution in [2.45, 2.75) is 44.3 Å². The van der Waals surface area contributed by atoms with Crippen molar-refractivity contribution in [3.05, 3.63) is 23.8 Å². The second-order valence-electron chi connectivity index (χ2n) is 5.88. The highest BCUT2D eigenvalue weighted by atomic mass is 16.5. The molecule has 5 heteroatoms. The van der Waals surface area contributed by atoms with Crippen molar-refractivity contribution in [1.29, 1.82) is 0 Å². The minimum atomic E-state index is -0.437. The third kappa shape index (κ3) is 2.16. The normalized spacial score (nSPS) is 24.0. The van der Waals surface area contributed by atoms with Crippen LogP contribution in [0.4, 0.5) is 0 Å². The fourth-order valence-electron chi connectivity index (χ4n) is 3.53. The molecule has 1 heterocycles. The Hall–Kier alpha value is -1.75. The lowest BCUT2D eigenvalue weighted by molar-refractivity contribution is -0.132. The van der Waals surface area contributed by atoms with Gasteiger partial charge in [-0.2, -0.15) is 0 Å². The van der Waals surface area contributed by atoms with Crippen LogP contribution in [0.3, 0.4) is 0 Å². The van der Waals surface area contributed by atoms with E-state index in [2.05, 4.69) is 5.32 Å². The number of benzene rings is 1. The average Bonchev–Trinajstić information content (AvgIpc) is 3.04. The van der Waals surface area contributed by atoms with Crippen LogP contribution in [0.25, 0.3) is 0 Å². The summed E-state index contributed by atoms with van der Waals surface area (Å²) in [7, 11) is 1.79. The molecule has 0 bridgehead atoms. The van der Waals surface area contributed by atoms with E-state index in [1.54, 1.807) is 18.0 Å². The first kappa shape index (κ1) is 14.2. The van der Waals surface area contributed by atoms with E-state index in [4.69, 9.17) is 4.74 Å². The van der Waals surface area contributed by atoms with Gasteiger partial charge in [0.1, 0.15) is 6.17 Å². The molecule has 21 heavy (non-hydrogen) atoms. The molecule has 0 radical (unpaired) electrons. The van der Waals surface area contributed by atoms with Gasteiger partial charge in [-0.15, -0.1) is 0 Å². The largest absolute Gasteiger partial charge is 0.504 e. The lowest BCUT2D eigenvalue weighted by Gasteiger charge is -2.22. The molecule has 3 rings (SSSR count). The van der Waals surface area contributed by atoms with Gasteiger partial charge in [-0.05, 0) is 25.8 Å². The summed E-state index contributed by atoms with van der Waals surface area (Å²) in [6.07, 6.45) is 3.60. The van der Waals surface area contributed by atoms with E-state index in [9.17, 15) is 9.90 Å². The summed E-state index contributed by atoms with van der Waals surface area (Å²) in [6, 6.07) is 5.43. The Balaban J connectivity index is 1.94. The third-order valence-electron chi connectivity index (χ3n) is 4.61. The van der Waals surface area contributed by atoms with Crippen LogP contribution in [0.15, 0.2) is 18.2 Å². The number of carbonyl (C=O) groups excluding carboxylic acids is 1. The third-order valence-corrected chi connectivity index (χ3v) is 4.61. The summed E-state index contributed by atoms with van der Waals surface area (Å²) in [5.41, 5.74) is 0.258. The molecule has 1 aromatic carbocycles. The van der Waals surface area contributed by atoms with E-state index in [-0.39, 0.29) is 17.8 Å². The SMILES string of the molecule is CCOc1cccc([C@@H]2NC3(CCCC3)C(=O)N2C)c1O. The topological polar surface area (TPSA) is 61.8 Å². The number of phenols is 1. The van der Waals surface area contributed by atoms with Crippen LogP contribution in [0.2, 0.25) is 0 Å². The van der Waals surface area contributed by atoms with Crippen molar-refractivity contribution in [3.63, 3.8) is 0 Å². The number of hydrogen-bond acceptors (Lipinski definition) is 4. The molecule has 2 fully saturated rings. The van der Waals surface area contributed by atoms with E-state index < -0.39 is 5.54 Å². The van der Waals surface area contributed by atoms with E-state index >= 15 is 0 Å². The van der Waals surface area contributed by atoms with Crippen molar-refractivity contribution < 1.29 is 14.6 Å². The second-order valence-corrected chi connectivity index (χ2v) is 5.88. The first-order chi connectivity index (χ1) is 10.1. The number of hydrogen-bond donors (Lipinski definition) is 2. The van der Waals surface area contributed by atoms with Gasteiger partial charge in [0.15, 0.2) is 11.5 Å². The number of para-hydroxylation sites is 1. The summed E-state index contributed by atoms with van der Waals surface area (Å²) in [5, 5.41) is 13.9. The highest BCUT2D eigenvalue weighted by molar-refractivity contribution is 5.89. The Morgan fingerprint density at radius 2 is 2.14 bits per heavy atom. The van der Waals surface area contributed by atoms with E-state index in [1.807, 2.05) is 19.1 Å². The van der Waals surface area contributed by atoms with Gasteiger partial charge in [-0.25, -0.2) is 0 Å². The predicted molar refractivity (Wildman–Crippen MR) is 79.1 cm³/mol. The van der Waals surface area contributed by atoms with E-state index in [1.165, 1.54) is 0 Å². The molecule has 1 saturated heterocycles. The number of nitrogens with one attached hydrogen (secondary N) is 1. The fraction of sp³-hybridized carbons (Fsp3) is 0.562. The molecule has 2 aliphatic rings. The average molecular weight is 290 g/mol. The van der Waals surface area contributed by atoms with Gasteiger partial charge in [0.05, 0.1) is 12.1 Å². The maximum absolute atomic E-state index is 12.6. The summed E-state index contributed by atoms with van der Waals surface area (Å²) in [4.78, 5) is 14.3. The molecule has 1 spiro atoms. The van der Waals surface area contributed by atoms with Gasteiger partial charge in [0.2, 0.25) is 5.91 Å². The van der Waals surface area contributed by atoms with Gasteiger partial charge in [-0.1, -0.05) is 25.0 Å². The minimum absolute atomic E-state index is 0.117. The van der Waals surface area contributed by atoms with Crippen LogP contribution in [-0.4, -0.2) is 35.1 Å². The van der Waals surface area contributed by atoms with Crippen molar-refractivity contribution >= 4 is 5.91 Å². The Labute approximate surface area is 124 Å². The molecule has 5 nitrogen and oxygen atoms in total. The van der Waals surface area contributed by atoms with Crippen molar-refractivity contribution in [3.8, 4) is 11.5 Å². The molecule has 1 amide bonds. The van der Waals surface area contributed by atoms with Crippen molar-refractivity contribution in [2.75, 3.05) is 13.7 Å². The molecular formula is C16H22N2O3. The highest BCUT2D eigenvalue weighted by Crippen LogP contribution is 2.43. The molecule has 1 atom stereocenters. The van der Waals surface area contributed by atoms with Gasteiger partial charge in [0.25, 0.3) is 0 Å². The van der Waals surface area contributed by atoms with Crippen LogP contribution in [0, 0.1) is 0 Å². The number of ether oxygens (including phenoxy) is 1. The van der Waals surface area contributed by atoms with E-state index in [0.717, 1.165) is 25.7 Å². The van der Waals surface area contributed by atoms with Crippen LogP contribution < -0.4 is 10.1 Å². The highest BCUT2D eigenvalue weighted by Gasteiger charge is 2.51. The Bertz CT molecular complexity index is 552. The minimum Gasteiger partial charge on any atom is -0.504 e. The summed E-state index contributed by atoms with van der Waals surface area (Å²) in [5.74, 6) is 0.711. The van der Waals surface area contributed by atoms with Crippen molar-refractivity contribution in [1.82, 2.24) is 10.2 Å². The Kier molecular flexibility index (Phi) is 3.53. The molecule has 0 unspecified atom stereocenters. The fourth-order valence-corrected chi connectivity index (χ4v) is 3.53. The van der Waals surface area contributed by atoms with Gasteiger partial charge >= 0.3 is 0 Å². The lowest BCUT2D eigenvalue weighted by Crippen LogP contribution is -2.43. The molecule has 1 aliphatic carbocycles. The van der Waals surface area contributed by atoms with Gasteiger partial charge in [-0.3, -0.25) is 10.1 Å². The quantitative estimate of drug-likeness (QED) is 0.895. The lowest BCUT2D eigenvalue weighted by atomic mass is 9.98. The zero-order valence-electron chi connectivity index (χ0n) is 12.6. The standard InChI is InChI=1S/C16H22N2O3/c1-3-21-12-8-6-7-11(13(12)19)14-17-16(9-4-5-10-16)15(20)18(14)2/h6-8,14,17,19H,3-5,9-10H2,1-2H3/t14-/m1/s1. The first-order valence-electron chi connectivity index (χ1n) is 7.59. The van der Waals surface area contributed by atoms with Crippen LogP contribution in [0.1, 0.15) is 44.3 Å². The molecular weight excluding hydrogens is 268 g/mol. The number of carbonyl (C=O) groups is 1. The number of nitrogens with zero attached hydrogens (tertiary/aromatic N) is 1. The number of likely N-dealkylation sites (N-methyl/N-ethyl adjacent to an activating group) is 1. The molecule has 114 valence electrons. The van der Waals surface area contributed by atoms with Gasteiger partial charge in [0, 0.05) is 12.6 Å². The first-order valence-corrected chi connectivity index (χ1v) is 7.59. The zero-order valence-corrected chi connectivity index (χ0v) is 12.6. The van der Waals surface area contributed by atoms with Crippen LogP contribution in [0.5, 0.6) is 11.5 Å². The zero-order chi connectivity index (χ0) is 15.0. The number of amides is 1. The van der Waals surface area contributed by atoms with Gasteiger partial charge < -0.3 is 14.7 Å². The molecule has 2 N–H and O–H groups in total. The second kappa shape index (κ2) is 5.22.